The lowest BCUT2D eigenvalue weighted by atomic mass is 10.1. The second-order valence-corrected chi connectivity index (χ2v) is 7.03. The molecule has 1 amide bonds. The lowest BCUT2D eigenvalue weighted by molar-refractivity contribution is 0.0523. The minimum atomic E-state index is -0.503. The van der Waals surface area contributed by atoms with Gasteiger partial charge < -0.3 is 25.0 Å². The number of rotatable bonds is 6. The average Bonchev–Trinajstić information content (AvgIpc) is 2.47. The summed E-state index contributed by atoms with van der Waals surface area (Å²) in [7, 11) is 0. The van der Waals surface area contributed by atoms with Gasteiger partial charge in [0, 0.05) is 19.6 Å². The molecule has 0 aromatic heterocycles. The molecule has 138 valence electrons. The number of likely N-dealkylation sites (tertiary alicyclic amines) is 1. The topological polar surface area (TPSA) is 86.7 Å². The molecule has 1 fully saturated rings. The highest BCUT2D eigenvalue weighted by Crippen LogP contribution is 2.09. The number of hydrogen-bond acceptors (Lipinski definition) is 4. The van der Waals surface area contributed by atoms with E-state index in [1.54, 1.807) is 0 Å². The zero-order chi connectivity index (χ0) is 18.3. The van der Waals surface area contributed by atoms with Crippen LogP contribution in [0.3, 0.4) is 0 Å². The Morgan fingerprint density at radius 3 is 2.60 bits per heavy atom. The van der Waals surface area contributed by atoms with E-state index >= 15 is 0 Å². The van der Waals surface area contributed by atoms with Crippen LogP contribution in [-0.4, -0.2) is 42.4 Å². The molecule has 2 rings (SSSR count). The summed E-state index contributed by atoms with van der Waals surface area (Å²) in [6.07, 6.45) is 0.720. The summed E-state index contributed by atoms with van der Waals surface area (Å²) >= 11 is 0. The van der Waals surface area contributed by atoms with Crippen molar-refractivity contribution >= 4 is 12.1 Å². The normalized spacial score (nSPS) is 13.8. The van der Waals surface area contributed by atoms with Crippen LogP contribution in [0, 0.1) is 5.41 Å². The van der Waals surface area contributed by atoms with Crippen LogP contribution in [0.15, 0.2) is 24.3 Å². The summed E-state index contributed by atoms with van der Waals surface area (Å²) in [5.41, 5.74) is 1.49. The van der Waals surface area contributed by atoms with Gasteiger partial charge in [-0.3, -0.25) is 5.41 Å². The van der Waals surface area contributed by atoms with Gasteiger partial charge in [-0.25, -0.2) is 4.79 Å². The molecule has 0 bridgehead atoms. The molecular weight excluding hydrogens is 320 g/mol. The number of guanidine groups is 1. The van der Waals surface area contributed by atoms with Crippen LogP contribution in [0.4, 0.5) is 4.79 Å². The Morgan fingerprint density at radius 1 is 1.24 bits per heavy atom. The second kappa shape index (κ2) is 8.71. The minimum Gasteiger partial charge on any atom is -0.444 e. The lowest BCUT2D eigenvalue weighted by Crippen LogP contribution is -2.48. The molecule has 0 saturated carbocycles. The summed E-state index contributed by atoms with van der Waals surface area (Å²) in [5, 5.41) is 13.5. The monoisotopic (exact) mass is 348 g/mol. The molecule has 7 heteroatoms. The average molecular weight is 348 g/mol. The molecule has 3 N–H and O–H groups in total. The fraction of sp³-hybridized carbons (Fsp3) is 0.556. The molecule has 1 aliphatic rings. The predicted molar refractivity (Wildman–Crippen MR) is 96.2 cm³/mol. The number of hydrogen-bond donors (Lipinski definition) is 3. The summed E-state index contributed by atoms with van der Waals surface area (Å²) in [5.74, 6) is 0.418. The molecule has 1 heterocycles. The highest BCUT2D eigenvalue weighted by atomic mass is 16.6. The van der Waals surface area contributed by atoms with E-state index in [-0.39, 0.29) is 0 Å². The van der Waals surface area contributed by atoms with Crippen LogP contribution in [0.5, 0.6) is 0 Å². The van der Waals surface area contributed by atoms with E-state index in [2.05, 4.69) is 10.6 Å². The molecule has 1 aromatic carbocycles. The fourth-order valence-electron chi connectivity index (χ4n) is 2.26. The molecule has 0 radical (unpaired) electrons. The van der Waals surface area contributed by atoms with Crippen molar-refractivity contribution in [2.45, 2.75) is 45.9 Å². The smallest absolute Gasteiger partial charge is 0.407 e. The fourth-order valence-corrected chi connectivity index (χ4v) is 2.26. The first-order valence-electron chi connectivity index (χ1n) is 8.53. The quantitative estimate of drug-likeness (QED) is 0.318. The van der Waals surface area contributed by atoms with Gasteiger partial charge in [-0.1, -0.05) is 24.3 Å². The molecule has 1 aliphatic heterocycles. The predicted octanol–water partition coefficient (Wildman–Crippen LogP) is 2.42. The van der Waals surface area contributed by atoms with E-state index in [1.807, 2.05) is 49.9 Å². The molecule has 7 nitrogen and oxygen atoms in total. The van der Waals surface area contributed by atoms with Gasteiger partial charge in [0.25, 0.3) is 0 Å². The van der Waals surface area contributed by atoms with Gasteiger partial charge in [0.2, 0.25) is 0 Å². The first-order chi connectivity index (χ1) is 11.8. The second-order valence-electron chi connectivity index (χ2n) is 7.03. The van der Waals surface area contributed by atoms with Gasteiger partial charge in [0.15, 0.2) is 5.96 Å². The summed E-state index contributed by atoms with van der Waals surface area (Å²) in [6.45, 7) is 8.54. The molecule has 1 aromatic rings. The number of carbonyl (C=O) groups is 1. The van der Waals surface area contributed by atoms with Gasteiger partial charge in [-0.2, -0.15) is 0 Å². The third kappa shape index (κ3) is 7.01. The highest BCUT2D eigenvalue weighted by molar-refractivity contribution is 5.77. The van der Waals surface area contributed by atoms with E-state index in [1.165, 1.54) is 0 Å². The number of benzene rings is 1. The number of ether oxygens (including phenoxy) is 2. The Hall–Kier alpha value is -2.28. The third-order valence-electron chi connectivity index (χ3n) is 3.61. The Labute approximate surface area is 149 Å². The maximum absolute atomic E-state index is 11.7. The maximum Gasteiger partial charge on any atom is 0.407 e. The maximum atomic E-state index is 11.7. The van der Waals surface area contributed by atoms with Crippen molar-refractivity contribution in [1.29, 1.82) is 5.41 Å². The van der Waals surface area contributed by atoms with Crippen LogP contribution in [0.1, 0.15) is 38.3 Å². The van der Waals surface area contributed by atoms with Gasteiger partial charge in [0.05, 0.1) is 6.61 Å². The van der Waals surface area contributed by atoms with E-state index < -0.39 is 11.7 Å². The van der Waals surface area contributed by atoms with E-state index in [4.69, 9.17) is 14.9 Å². The summed E-state index contributed by atoms with van der Waals surface area (Å²) in [6, 6.07) is 7.83. The third-order valence-corrected chi connectivity index (χ3v) is 3.61. The number of nitrogens with zero attached hydrogens (tertiary/aromatic N) is 1. The van der Waals surface area contributed by atoms with Crippen molar-refractivity contribution < 1.29 is 14.3 Å². The largest absolute Gasteiger partial charge is 0.444 e. The van der Waals surface area contributed by atoms with Crippen LogP contribution < -0.4 is 10.6 Å². The van der Waals surface area contributed by atoms with Crippen LogP contribution in [0.2, 0.25) is 0 Å². The van der Waals surface area contributed by atoms with Crippen molar-refractivity contribution in [2.24, 2.45) is 0 Å². The molecule has 0 aliphatic carbocycles. The summed E-state index contributed by atoms with van der Waals surface area (Å²) < 4.78 is 10.8. The van der Waals surface area contributed by atoms with Crippen molar-refractivity contribution in [1.82, 2.24) is 15.5 Å². The van der Waals surface area contributed by atoms with Crippen molar-refractivity contribution in [2.75, 3.05) is 19.8 Å². The van der Waals surface area contributed by atoms with E-state index in [9.17, 15) is 4.79 Å². The van der Waals surface area contributed by atoms with Gasteiger partial charge in [-0.15, -0.1) is 0 Å². The van der Waals surface area contributed by atoms with Crippen molar-refractivity contribution in [3.8, 4) is 0 Å². The Bertz CT molecular complexity index is 594. The first-order valence-corrected chi connectivity index (χ1v) is 8.53. The van der Waals surface area contributed by atoms with Gasteiger partial charge >= 0.3 is 6.09 Å². The first kappa shape index (κ1) is 19.1. The zero-order valence-corrected chi connectivity index (χ0v) is 15.2. The Balaban J connectivity index is 1.69. The number of amides is 1. The number of nitrogens with one attached hydrogen (secondary N) is 3. The number of carbonyl (C=O) groups excluding carboxylic acids is 1. The lowest BCUT2D eigenvalue weighted by Gasteiger charge is -2.33. The number of alkyl carbamates (subject to hydrolysis) is 1. The molecule has 0 atom stereocenters. The highest BCUT2D eigenvalue weighted by Gasteiger charge is 2.16. The van der Waals surface area contributed by atoms with Crippen LogP contribution in [0.25, 0.3) is 0 Å². The summed E-state index contributed by atoms with van der Waals surface area (Å²) in [4.78, 5) is 13.7. The van der Waals surface area contributed by atoms with Crippen molar-refractivity contribution in [3.63, 3.8) is 0 Å². The standard InChI is InChI=1S/C18H28N4O3/c1-18(2,3)25-17(23)20-11-14-6-4-7-15(10-14)12-24-13-21-16(19)22-8-5-9-22/h4,6-7,10H,5,8-9,11-13H2,1-3H3,(H2,19,21)(H,20,23). The van der Waals surface area contributed by atoms with Crippen LogP contribution >= 0.6 is 0 Å². The van der Waals surface area contributed by atoms with Gasteiger partial charge in [0.1, 0.15) is 12.3 Å². The van der Waals surface area contributed by atoms with E-state index in [0.29, 0.717) is 25.8 Å². The Kier molecular flexibility index (Phi) is 6.64. The SMILES string of the molecule is CC(C)(C)OC(=O)NCc1cccc(COCNC(=N)N2CCC2)c1. The Morgan fingerprint density at radius 2 is 1.96 bits per heavy atom. The molecular formula is C18H28N4O3. The molecule has 0 unspecified atom stereocenters. The van der Waals surface area contributed by atoms with Gasteiger partial charge in [-0.05, 0) is 38.3 Å². The molecule has 0 spiro atoms. The minimum absolute atomic E-state index is 0.301. The van der Waals surface area contributed by atoms with Crippen LogP contribution in [-0.2, 0) is 22.6 Å². The molecule has 25 heavy (non-hydrogen) atoms. The zero-order valence-electron chi connectivity index (χ0n) is 15.2. The molecule has 1 saturated heterocycles. The van der Waals surface area contributed by atoms with E-state index in [0.717, 1.165) is 30.6 Å². The van der Waals surface area contributed by atoms with Crippen molar-refractivity contribution in [3.05, 3.63) is 35.4 Å².